The average molecular weight is 1150 g/mol. The zero-order chi connectivity index (χ0) is 57.0. The molecule has 0 aromatic rings. The Balaban J connectivity index is 1.15. The molecule has 12 bridgehead atoms. The quantitative estimate of drug-likeness (QED) is 0.0953. The number of aliphatic hydroxyl groups is 21. The van der Waals surface area contributed by atoms with Crippen molar-refractivity contribution in [3.8, 4) is 0 Å². The molecule has 0 radical (unpaired) electrons. The van der Waals surface area contributed by atoms with Gasteiger partial charge in [0.25, 0.3) is 5.97 Å². The van der Waals surface area contributed by atoms with Gasteiger partial charge in [-0.05, 0) is 0 Å². The lowest BCUT2D eigenvalue weighted by molar-refractivity contribution is -0.462. The van der Waals surface area contributed by atoms with Gasteiger partial charge in [-0.1, -0.05) is 0 Å². The molecule has 78 heavy (non-hydrogen) atoms. The van der Waals surface area contributed by atoms with Crippen molar-refractivity contribution in [2.75, 3.05) is 46.2 Å². The van der Waals surface area contributed by atoms with Crippen molar-refractivity contribution < 1.29 is 174 Å². The Labute approximate surface area is 439 Å². The van der Waals surface area contributed by atoms with Crippen molar-refractivity contribution in [2.24, 2.45) is 5.73 Å². The summed E-state index contributed by atoms with van der Waals surface area (Å²) in [6.07, 6.45) is -68.6. The summed E-state index contributed by atoms with van der Waals surface area (Å²) in [6, 6.07) is -2.17. The van der Waals surface area contributed by atoms with Crippen LogP contribution in [0.25, 0.3) is 0 Å². The summed E-state index contributed by atoms with van der Waals surface area (Å²) in [5, 5.41) is 232. The van der Waals surface area contributed by atoms with E-state index in [2.05, 4.69) is 0 Å². The minimum absolute atomic E-state index is 1.04. The first-order valence-corrected chi connectivity index (χ1v) is 24.8. The third-order valence-electron chi connectivity index (χ3n) is 15.0. The number of nitrogens with two attached hydrogens (primary N) is 1. The average Bonchev–Trinajstić information content (AvgIpc) is 3.53. The van der Waals surface area contributed by atoms with Gasteiger partial charge in [-0.3, -0.25) is 0 Å². The molecular weight excluding hydrogens is 1080 g/mol. The molecule has 0 aromatic carbocycles. The third-order valence-corrected chi connectivity index (χ3v) is 15.0. The number of rotatable bonds is 9. The van der Waals surface area contributed by atoms with E-state index in [1.165, 1.54) is 0 Å². The van der Waals surface area contributed by atoms with E-state index in [4.69, 9.17) is 72.0 Å². The van der Waals surface area contributed by atoms with E-state index in [1.54, 1.807) is 0 Å². The zero-order valence-corrected chi connectivity index (χ0v) is 40.8. The van der Waals surface area contributed by atoms with Crippen LogP contribution in [0.4, 0.5) is 0 Å². The molecule has 0 aliphatic carbocycles. The molecular formula is C42H71NO35. The topological polar surface area (TPSA) is 580 Å². The van der Waals surface area contributed by atoms with E-state index in [0.29, 0.717) is 0 Å². The SMILES string of the molecule is N[C@@H]1[C@@H](O)[C@@H](O)[C@@H](CO)OC1(O)OC1C(O)[C@@H]2O[C@H](CO)C1OC1O[C@H](CO)[C@@H](O[C@H]3O[C@H](CO)[C@@H](O[C@H]4O[C@H](CO)[C@@H](O[C@H]5O[C@H](CO)[C@@H](O[C@H]6O[C@H](CO)[C@@H](O2)C(O)C6O)C(O)C5O)C(O)C4O)C(O)C3O)C(O)C1O. The summed E-state index contributed by atoms with van der Waals surface area (Å²) in [6.45, 7) is -7.69. The summed E-state index contributed by atoms with van der Waals surface area (Å²) in [4.78, 5) is 0. The van der Waals surface area contributed by atoms with Crippen LogP contribution in [0.2, 0.25) is 0 Å². The van der Waals surface area contributed by atoms with E-state index >= 15 is 0 Å². The molecule has 36 nitrogen and oxygen atoms in total. The molecule has 35 atom stereocenters. The smallest absolute Gasteiger partial charge is 0.300 e. The van der Waals surface area contributed by atoms with E-state index in [9.17, 15) is 107 Å². The fourth-order valence-corrected chi connectivity index (χ4v) is 10.5. The Kier molecular flexibility index (Phi) is 20.7. The van der Waals surface area contributed by atoms with E-state index in [-0.39, 0.29) is 0 Å². The Morgan fingerprint density at radius 2 is 0.513 bits per heavy atom. The molecule has 15 unspecified atom stereocenters. The third kappa shape index (κ3) is 11.8. The summed E-state index contributed by atoms with van der Waals surface area (Å²) in [5.41, 5.74) is 6.04. The first-order valence-electron chi connectivity index (χ1n) is 24.8. The van der Waals surface area contributed by atoms with Crippen LogP contribution in [0.3, 0.4) is 0 Å². The monoisotopic (exact) mass is 1150 g/mol. The van der Waals surface area contributed by atoms with Gasteiger partial charge >= 0.3 is 0 Å². The molecule has 23 N–H and O–H groups in total. The molecule has 23 saturated heterocycles. The van der Waals surface area contributed by atoms with Crippen molar-refractivity contribution in [1.82, 2.24) is 0 Å². The van der Waals surface area contributed by atoms with E-state index < -0.39 is 261 Å². The van der Waals surface area contributed by atoms with E-state index in [1.807, 2.05) is 0 Å². The Bertz CT molecular complexity index is 1880. The summed E-state index contributed by atoms with van der Waals surface area (Å²) >= 11 is 0. The second-order valence-electron chi connectivity index (χ2n) is 19.9. The van der Waals surface area contributed by atoms with E-state index in [0.717, 1.165) is 0 Å². The number of hydrogen-bond donors (Lipinski definition) is 22. The number of aliphatic hydroxyl groups excluding tert-OH is 20. The van der Waals surface area contributed by atoms with Gasteiger partial charge in [-0.2, -0.15) is 0 Å². The molecule has 36 heteroatoms. The van der Waals surface area contributed by atoms with Crippen molar-refractivity contribution in [1.29, 1.82) is 0 Å². The lowest BCUT2D eigenvalue weighted by Gasteiger charge is -2.52. The Hall–Kier alpha value is -1.44. The highest BCUT2D eigenvalue weighted by atomic mass is 16.9. The maximum absolute atomic E-state index is 12.0. The predicted octanol–water partition coefficient (Wildman–Crippen LogP) is -15.9. The van der Waals surface area contributed by atoms with Crippen LogP contribution in [-0.2, 0) is 66.3 Å². The molecule has 23 fully saturated rings. The molecule has 0 aromatic heterocycles. The van der Waals surface area contributed by atoms with Crippen LogP contribution in [0.1, 0.15) is 0 Å². The largest absolute Gasteiger partial charge is 0.394 e. The molecule has 23 heterocycles. The minimum Gasteiger partial charge on any atom is -0.394 e. The Morgan fingerprint density at radius 3 is 0.769 bits per heavy atom. The van der Waals surface area contributed by atoms with Crippen LogP contribution in [0.5, 0.6) is 0 Å². The highest BCUT2D eigenvalue weighted by Crippen LogP contribution is 2.40. The van der Waals surface area contributed by atoms with Gasteiger partial charge < -0.3 is 179 Å². The predicted molar refractivity (Wildman–Crippen MR) is 232 cm³/mol. The first kappa shape index (κ1) is 62.6. The zero-order valence-electron chi connectivity index (χ0n) is 40.8. The van der Waals surface area contributed by atoms with Gasteiger partial charge in [-0.25, -0.2) is 0 Å². The van der Waals surface area contributed by atoms with Gasteiger partial charge in [0.2, 0.25) is 0 Å². The normalized spacial score (nSPS) is 55.6. The highest BCUT2D eigenvalue weighted by molar-refractivity contribution is 5.03. The Morgan fingerprint density at radius 1 is 0.282 bits per heavy atom. The molecule has 23 aliphatic heterocycles. The van der Waals surface area contributed by atoms with Crippen molar-refractivity contribution in [3.05, 3.63) is 0 Å². The summed E-state index contributed by atoms with van der Waals surface area (Å²) < 4.78 is 80.1. The van der Waals surface area contributed by atoms with Gasteiger partial charge in [0.1, 0.15) is 171 Å². The molecule has 23 aliphatic rings. The second kappa shape index (κ2) is 25.8. The van der Waals surface area contributed by atoms with Crippen molar-refractivity contribution in [2.45, 2.75) is 215 Å². The second-order valence-corrected chi connectivity index (χ2v) is 19.9. The van der Waals surface area contributed by atoms with Crippen LogP contribution in [0.15, 0.2) is 0 Å². The number of hydrogen-bond acceptors (Lipinski definition) is 36. The first-order chi connectivity index (χ1) is 37.0. The van der Waals surface area contributed by atoms with Gasteiger partial charge in [0.15, 0.2) is 37.7 Å². The maximum atomic E-state index is 12.0. The van der Waals surface area contributed by atoms with Gasteiger partial charge in [0, 0.05) is 0 Å². The minimum atomic E-state index is -3.35. The van der Waals surface area contributed by atoms with Gasteiger partial charge in [0.05, 0.1) is 46.2 Å². The highest BCUT2D eigenvalue weighted by Gasteiger charge is 2.62. The maximum Gasteiger partial charge on any atom is 0.300 e. The van der Waals surface area contributed by atoms with Gasteiger partial charge in [-0.15, -0.1) is 0 Å². The fraction of sp³-hybridized carbons (Fsp3) is 1.00. The van der Waals surface area contributed by atoms with Crippen molar-refractivity contribution >= 4 is 0 Å². The summed E-state index contributed by atoms with van der Waals surface area (Å²) in [7, 11) is 0. The summed E-state index contributed by atoms with van der Waals surface area (Å²) in [5.74, 6) is -3.35. The van der Waals surface area contributed by atoms with Crippen LogP contribution >= 0.6 is 0 Å². The van der Waals surface area contributed by atoms with Crippen LogP contribution < -0.4 is 5.73 Å². The number of ether oxygens (including phenoxy) is 14. The lowest BCUT2D eigenvalue weighted by atomic mass is 9.93. The molecule has 23 rings (SSSR count). The van der Waals surface area contributed by atoms with Crippen LogP contribution in [0, 0.1) is 0 Å². The molecule has 454 valence electrons. The molecule has 0 spiro atoms. The van der Waals surface area contributed by atoms with Crippen molar-refractivity contribution in [3.63, 3.8) is 0 Å². The molecule has 0 saturated carbocycles. The molecule has 0 amide bonds. The fourth-order valence-electron chi connectivity index (χ4n) is 10.5. The standard InChI is InChI=1S/C42H71NO35/c43-35-21(57)15(51)8(1-44)77-42(35,64)78-34-27(63)41-70-14(7-50)33(34)76-40-26(62)20(56)31(12(5-48)69-40)74-38-24(60)18(54)29(10(3-46)67-38)72-36-22(58)16(52)28(9(2-45)65-36)71-37-23(59)17(53)30(11(4-47)66-37)73-39-25(61)19(55)32(75-41)13(6-49)68-39/h8-41,44-64H,1-7,43H2/t8-,9-,10-,11-,12-,13-,14-,15+,16?,17?,18?,19?,20?,21+,22?,23?,24?,25?,26?,27?,28-,29-,30-,31-,32-,33?,34?,35-,36-,37-,38-,39-,40?,41-,42?/m1/s1. The lowest BCUT2D eigenvalue weighted by Crippen LogP contribution is -2.73. The van der Waals surface area contributed by atoms with Crippen LogP contribution in [-0.4, -0.2) is 368 Å².